The number of nitrogens with zero attached hydrogens (tertiary/aromatic N) is 2. The third-order valence-corrected chi connectivity index (χ3v) is 4.56. The number of unbranched alkanes of at least 4 members (excludes halogenated alkanes) is 10. The van der Waals surface area contributed by atoms with Gasteiger partial charge >= 0.3 is 38.7 Å². The molecule has 1 rings (SSSR count). The summed E-state index contributed by atoms with van der Waals surface area (Å²) in [5.41, 5.74) is 0.461. The molecule has 0 saturated carbocycles. The van der Waals surface area contributed by atoms with Gasteiger partial charge in [0.2, 0.25) is 11.1 Å². The van der Waals surface area contributed by atoms with Crippen LogP contribution in [0.1, 0.15) is 90.9 Å². The van der Waals surface area contributed by atoms with Gasteiger partial charge in [0.25, 0.3) is 0 Å². The van der Waals surface area contributed by atoms with Crippen LogP contribution in [-0.2, 0) is 0 Å². The summed E-state index contributed by atoms with van der Waals surface area (Å²) in [6, 6.07) is 5.42. The van der Waals surface area contributed by atoms with Crippen LogP contribution in [0.5, 0.6) is 11.5 Å². The Kier molecular flexibility index (Phi) is 13.7. The maximum atomic E-state index is 9.87. The predicted octanol–water partition coefficient (Wildman–Crippen LogP) is 11.0. The number of benzene rings is 1. The van der Waals surface area contributed by atoms with Gasteiger partial charge in [-0.2, -0.15) is 0 Å². The molecular weight excluding hydrogens is 469 g/mol. The Morgan fingerprint density at radius 3 is 1.58 bits per heavy atom. The number of hydrogen-bond donors (Lipinski definition) is 0. The molecule has 11 heteroatoms. The van der Waals surface area contributed by atoms with Crippen LogP contribution in [0.15, 0.2) is 18.2 Å². The summed E-state index contributed by atoms with van der Waals surface area (Å²) >= 11 is 0. The Morgan fingerprint density at radius 1 is 0.697 bits per heavy atom. The number of ether oxygens (including phenoxy) is 2. The zero-order valence-electron chi connectivity index (χ0n) is 19.6. The van der Waals surface area contributed by atoms with E-state index in [0.717, 1.165) is 25.2 Å². The van der Waals surface area contributed by atoms with E-state index in [1.807, 2.05) is 12.1 Å². The molecule has 194 valence electrons. The van der Waals surface area contributed by atoms with E-state index in [0.29, 0.717) is 18.0 Å². The standard InChI is InChI=1S/C22H37N2O2.F6P/c1-3-5-7-9-11-13-17-25-20-15-16-21(24-23)22(19-20)26-18-14-12-10-8-6-4-2;1-7(2,3,4,5)6/h15-16,19H,3-14,17-18H2,1-2H3;/q+1;-1. The van der Waals surface area contributed by atoms with Gasteiger partial charge in [-0.05, 0) is 18.9 Å². The topological polar surface area (TPSA) is 46.6 Å². The Bertz CT molecular complexity index is 697. The van der Waals surface area contributed by atoms with E-state index in [1.54, 1.807) is 6.07 Å². The molecule has 0 amide bonds. The molecule has 0 N–H and O–H groups in total. The van der Waals surface area contributed by atoms with Crippen LogP contribution in [0.2, 0.25) is 0 Å². The van der Waals surface area contributed by atoms with E-state index in [2.05, 4.69) is 18.8 Å². The van der Waals surface area contributed by atoms with E-state index >= 15 is 0 Å². The first-order valence-corrected chi connectivity index (χ1v) is 13.6. The fourth-order valence-electron chi connectivity index (χ4n) is 2.92. The quantitative estimate of drug-likeness (QED) is 0.0969. The molecule has 0 aliphatic heterocycles. The van der Waals surface area contributed by atoms with Gasteiger partial charge in [0.1, 0.15) is 5.75 Å². The van der Waals surface area contributed by atoms with Gasteiger partial charge in [-0.1, -0.05) is 78.1 Å². The Hall–Kier alpha value is -1.75. The molecule has 4 nitrogen and oxygen atoms in total. The normalized spacial score (nSPS) is 13.2. The Morgan fingerprint density at radius 2 is 1.12 bits per heavy atom. The zero-order valence-corrected chi connectivity index (χ0v) is 20.5. The van der Waals surface area contributed by atoms with Gasteiger partial charge in [0.15, 0.2) is 4.98 Å². The summed E-state index contributed by atoms with van der Waals surface area (Å²) < 4.78 is 70.8. The summed E-state index contributed by atoms with van der Waals surface area (Å²) in [6.07, 6.45) is 14.8. The van der Waals surface area contributed by atoms with Gasteiger partial charge < -0.3 is 9.47 Å². The van der Waals surface area contributed by atoms with Crippen molar-refractivity contribution in [1.29, 1.82) is 5.39 Å². The third-order valence-electron chi connectivity index (χ3n) is 4.56. The van der Waals surface area contributed by atoms with Crippen molar-refractivity contribution in [1.82, 2.24) is 0 Å². The van der Waals surface area contributed by atoms with Crippen molar-refractivity contribution in [3.63, 3.8) is 0 Å². The fourth-order valence-corrected chi connectivity index (χ4v) is 2.92. The van der Waals surface area contributed by atoms with Crippen molar-refractivity contribution in [3.8, 4) is 11.5 Å². The summed E-state index contributed by atoms with van der Waals surface area (Å²) in [5, 5.41) is 9.13. The van der Waals surface area contributed by atoms with Crippen molar-refractivity contribution >= 4 is 13.5 Å². The van der Waals surface area contributed by atoms with Crippen LogP contribution in [0, 0.1) is 5.39 Å². The molecule has 0 saturated heterocycles. The van der Waals surface area contributed by atoms with E-state index in [9.17, 15) is 25.2 Å². The summed E-state index contributed by atoms with van der Waals surface area (Å²) in [6.45, 7) is 5.83. The van der Waals surface area contributed by atoms with Gasteiger partial charge in [-0.25, -0.2) is 0 Å². The van der Waals surface area contributed by atoms with Crippen molar-refractivity contribution < 1.29 is 34.7 Å². The van der Waals surface area contributed by atoms with Crippen LogP contribution in [-0.4, -0.2) is 13.2 Å². The number of diazo groups is 1. The number of rotatable bonds is 16. The van der Waals surface area contributed by atoms with E-state index in [1.165, 1.54) is 64.2 Å². The second-order valence-electron chi connectivity index (χ2n) is 7.92. The van der Waals surface area contributed by atoms with Crippen LogP contribution in [0.4, 0.5) is 30.9 Å². The van der Waals surface area contributed by atoms with Crippen molar-refractivity contribution in [2.45, 2.75) is 90.9 Å². The minimum atomic E-state index is -10.7. The van der Waals surface area contributed by atoms with Crippen LogP contribution in [0.25, 0.3) is 4.98 Å². The molecule has 0 aromatic heterocycles. The summed E-state index contributed by atoms with van der Waals surface area (Å²) in [5.74, 6) is 1.38. The SMILES string of the molecule is CCCCCCCCOc1ccc([N+]#N)c(OCCCCCCCC)c1.F[P-](F)(F)(F)(F)F. The molecule has 0 fully saturated rings. The number of hydrogen-bond acceptors (Lipinski definition) is 3. The first kappa shape index (κ1) is 31.2. The fraction of sp³-hybridized carbons (Fsp3) is 0.727. The van der Waals surface area contributed by atoms with Crippen molar-refractivity contribution in [2.75, 3.05) is 13.2 Å². The Balaban J connectivity index is 0.00000126. The monoisotopic (exact) mass is 506 g/mol. The molecule has 0 aliphatic rings. The predicted molar refractivity (Wildman–Crippen MR) is 122 cm³/mol. The molecule has 0 heterocycles. The molecule has 1 aromatic rings. The van der Waals surface area contributed by atoms with Crippen LogP contribution >= 0.6 is 7.81 Å². The molecule has 0 spiro atoms. The second kappa shape index (κ2) is 14.5. The van der Waals surface area contributed by atoms with Gasteiger partial charge in [-0.3, -0.25) is 0 Å². The van der Waals surface area contributed by atoms with Crippen molar-refractivity contribution in [2.24, 2.45) is 0 Å². The van der Waals surface area contributed by atoms with E-state index in [4.69, 9.17) is 14.9 Å². The molecule has 0 radical (unpaired) electrons. The van der Waals surface area contributed by atoms with Crippen LogP contribution < -0.4 is 9.47 Å². The van der Waals surface area contributed by atoms with Gasteiger partial charge in [0.05, 0.1) is 13.2 Å². The summed E-state index contributed by atoms with van der Waals surface area (Å²) in [7, 11) is -10.7. The molecule has 0 aliphatic carbocycles. The first-order chi connectivity index (χ1) is 15.3. The molecule has 0 unspecified atom stereocenters. The first-order valence-electron chi connectivity index (χ1n) is 11.6. The average Bonchev–Trinajstić information content (AvgIpc) is 2.70. The van der Waals surface area contributed by atoms with Gasteiger partial charge in [-0.15, -0.1) is 0 Å². The van der Waals surface area contributed by atoms with Gasteiger partial charge in [0, 0.05) is 12.1 Å². The zero-order chi connectivity index (χ0) is 25.3. The summed E-state index contributed by atoms with van der Waals surface area (Å²) in [4.78, 5) is 3.31. The molecule has 1 aromatic carbocycles. The molecule has 0 bridgehead atoms. The third kappa shape index (κ3) is 24.7. The average molecular weight is 507 g/mol. The Labute approximate surface area is 192 Å². The molecule has 0 atom stereocenters. The minimum absolute atomic E-state index is 0.461. The molecule has 33 heavy (non-hydrogen) atoms. The van der Waals surface area contributed by atoms with E-state index < -0.39 is 7.81 Å². The van der Waals surface area contributed by atoms with Crippen molar-refractivity contribution in [3.05, 3.63) is 23.2 Å². The number of halogens is 6. The van der Waals surface area contributed by atoms with Crippen LogP contribution in [0.3, 0.4) is 0 Å². The second-order valence-corrected chi connectivity index (χ2v) is 9.84. The van der Waals surface area contributed by atoms with E-state index in [-0.39, 0.29) is 0 Å². The molecular formula is C22H37F6N2O2P. The maximum absolute atomic E-state index is 10.7.